The van der Waals surface area contributed by atoms with Crippen molar-refractivity contribution in [3.8, 4) is 17.2 Å². The van der Waals surface area contributed by atoms with Gasteiger partial charge in [0.05, 0.1) is 39.5 Å². The molecule has 0 bridgehead atoms. The van der Waals surface area contributed by atoms with Crippen molar-refractivity contribution in [3.05, 3.63) is 43.0 Å². The molecule has 0 aromatic heterocycles. The van der Waals surface area contributed by atoms with Gasteiger partial charge >= 0.3 is 5.97 Å². The van der Waals surface area contributed by atoms with E-state index in [9.17, 15) is 9.59 Å². The SMILES string of the molecule is C=CCOCC[C@H](C)Oc1cc([C@@H](C(=O)N2CCCC[C@H]2C(=O)O[C@H](C)CC=C)C2CCCCC2)cc(OC)c1OC. The lowest BCUT2D eigenvalue weighted by atomic mass is 9.75. The maximum atomic E-state index is 14.6. The second-order valence-corrected chi connectivity index (χ2v) is 11.5. The number of methoxy groups -OCH3 is 2. The van der Waals surface area contributed by atoms with Gasteiger partial charge in [-0.15, -0.1) is 13.2 Å². The minimum atomic E-state index is -0.587. The number of benzene rings is 1. The largest absolute Gasteiger partial charge is 0.493 e. The molecule has 1 aliphatic carbocycles. The lowest BCUT2D eigenvalue weighted by molar-refractivity contribution is -0.161. The first kappa shape index (κ1) is 33.5. The van der Waals surface area contributed by atoms with E-state index in [1.807, 2.05) is 26.0 Å². The number of likely N-dealkylation sites (tertiary alicyclic amines) is 1. The van der Waals surface area contributed by atoms with Crippen LogP contribution in [0.1, 0.15) is 89.5 Å². The summed E-state index contributed by atoms with van der Waals surface area (Å²) in [6, 6.07) is 3.25. The van der Waals surface area contributed by atoms with Gasteiger partial charge in [-0.05, 0) is 69.6 Å². The van der Waals surface area contributed by atoms with E-state index < -0.39 is 12.0 Å². The molecule has 8 heteroatoms. The zero-order valence-corrected chi connectivity index (χ0v) is 26.1. The number of hydrogen-bond donors (Lipinski definition) is 0. The molecule has 1 saturated heterocycles. The summed E-state index contributed by atoms with van der Waals surface area (Å²) in [5.41, 5.74) is 0.826. The fourth-order valence-corrected chi connectivity index (χ4v) is 6.17. The average Bonchev–Trinajstić information content (AvgIpc) is 2.99. The lowest BCUT2D eigenvalue weighted by Crippen LogP contribution is -2.51. The van der Waals surface area contributed by atoms with E-state index >= 15 is 0 Å². The van der Waals surface area contributed by atoms with Gasteiger partial charge in [-0.25, -0.2) is 4.79 Å². The van der Waals surface area contributed by atoms with Crippen LogP contribution in [0.2, 0.25) is 0 Å². The van der Waals surface area contributed by atoms with E-state index in [1.165, 1.54) is 6.42 Å². The van der Waals surface area contributed by atoms with Crippen molar-refractivity contribution in [1.82, 2.24) is 4.90 Å². The number of amides is 1. The van der Waals surface area contributed by atoms with Crippen molar-refractivity contribution >= 4 is 11.9 Å². The molecule has 0 N–H and O–H groups in total. The molecule has 2 aliphatic rings. The number of esters is 1. The van der Waals surface area contributed by atoms with Crippen molar-refractivity contribution in [2.24, 2.45) is 5.92 Å². The second kappa shape index (κ2) is 17.2. The molecule has 2 fully saturated rings. The normalized spacial score (nSPS) is 19.7. The van der Waals surface area contributed by atoms with Crippen LogP contribution in [-0.4, -0.2) is 69.0 Å². The van der Waals surface area contributed by atoms with E-state index in [0.717, 1.165) is 44.1 Å². The van der Waals surface area contributed by atoms with Crippen molar-refractivity contribution < 1.29 is 33.3 Å². The molecule has 1 amide bonds. The first-order valence-electron chi connectivity index (χ1n) is 15.6. The Hall–Kier alpha value is -3.00. The molecular formula is C34H51NO7. The highest BCUT2D eigenvalue weighted by Gasteiger charge is 2.41. The smallest absolute Gasteiger partial charge is 0.329 e. The molecular weight excluding hydrogens is 534 g/mol. The number of ether oxygens (including phenoxy) is 5. The van der Waals surface area contributed by atoms with Crippen LogP contribution in [0, 0.1) is 5.92 Å². The molecule has 1 aliphatic heterocycles. The summed E-state index contributed by atoms with van der Waals surface area (Å²) in [6.45, 7) is 12.8. The molecule has 234 valence electrons. The summed E-state index contributed by atoms with van der Waals surface area (Å²) in [6.07, 6.45) is 11.9. The van der Waals surface area contributed by atoms with Crippen molar-refractivity contribution in [2.45, 2.75) is 102 Å². The zero-order valence-electron chi connectivity index (χ0n) is 26.1. The minimum absolute atomic E-state index is 0.0241. The predicted molar refractivity (Wildman–Crippen MR) is 164 cm³/mol. The summed E-state index contributed by atoms with van der Waals surface area (Å²) in [5, 5.41) is 0. The first-order valence-corrected chi connectivity index (χ1v) is 15.6. The van der Waals surface area contributed by atoms with Crippen LogP contribution in [0.15, 0.2) is 37.4 Å². The van der Waals surface area contributed by atoms with Crippen LogP contribution in [0.4, 0.5) is 0 Å². The van der Waals surface area contributed by atoms with Crippen molar-refractivity contribution in [3.63, 3.8) is 0 Å². The highest BCUT2D eigenvalue weighted by Crippen LogP contribution is 2.45. The number of nitrogens with zero attached hydrogens (tertiary/aromatic N) is 1. The first-order chi connectivity index (χ1) is 20.3. The Kier molecular flexibility index (Phi) is 13.7. The van der Waals surface area contributed by atoms with Crippen LogP contribution in [0.25, 0.3) is 0 Å². The third-order valence-electron chi connectivity index (χ3n) is 8.32. The second-order valence-electron chi connectivity index (χ2n) is 11.5. The van der Waals surface area contributed by atoms with Gasteiger partial charge in [0.2, 0.25) is 11.7 Å². The van der Waals surface area contributed by atoms with Crippen LogP contribution < -0.4 is 14.2 Å². The Balaban J connectivity index is 1.97. The molecule has 1 saturated carbocycles. The fourth-order valence-electron chi connectivity index (χ4n) is 6.17. The van der Waals surface area contributed by atoms with E-state index in [-0.39, 0.29) is 30.0 Å². The Bertz CT molecular complexity index is 1030. The number of carbonyl (C=O) groups is 2. The quantitative estimate of drug-likeness (QED) is 0.123. The van der Waals surface area contributed by atoms with Crippen molar-refractivity contribution in [2.75, 3.05) is 34.0 Å². The van der Waals surface area contributed by atoms with Gasteiger partial charge in [0, 0.05) is 19.4 Å². The minimum Gasteiger partial charge on any atom is -0.493 e. The van der Waals surface area contributed by atoms with Crippen LogP contribution in [0.5, 0.6) is 17.2 Å². The maximum absolute atomic E-state index is 14.6. The Morgan fingerprint density at radius 1 is 0.952 bits per heavy atom. The van der Waals surface area contributed by atoms with Gasteiger partial charge in [0.15, 0.2) is 11.5 Å². The molecule has 0 radical (unpaired) electrons. The van der Waals surface area contributed by atoms with Crippen LogP contribution in [0.3, 0.4) is 0 Å². The summed E-state index contributed by atoms with van der Waals surface area (Å²) < 4.78 is 29.1. The van der Waals surface area contributed by atoms with Crippen LogP contribution >= 0.6 is 0 Å². The van der Waals surface area contributed by atoms with Crippen molar-refractivity contribution in [1.29, 1.82) is 0 Å². The predicted octanol–water partition coefficient (Wildman–Crippen LogP) is 6.62. The van der Waals surface area contributed by atoms with Gasteiger partial charge in [-0.2, -0.15) is 0 Å². The molecule has 1 aromatic rings. The molecule has 3 rings (SSSR count). The number of rotatable bonds is 16. The standard InChI is InChI=1S/C34H51NO7/c1-7-14-24(3)42-34(37)28-17-12-13-19-35(28)33(36)31(26-15-10-9-11-16-26)27-22-29(38-5)32(39-6)30(23-27)41-25(4)18-21-40-20-8-2/h7-8,22-26,28,31H,1-2,9-21H2,3-6H3/t24-,25+,28+,31+/m1/s1. The fraction of sp³-hybridized carbons (Fsp3) is 0.647. The summed E-state index contributed by atoms with van der Waals surface area (Å²) in [4.78, 5) is 29.7. The molecule has 4 atom stereocenters. The number of piperidine rings is 1. The highest BCUT2D eigenvalue weighted by molar-refractivity contribution is 5.89. The maximum Gasteiger partial charge on any atom is 0.329 e. The topological polar surface area (TPSA) is 83.5 Å². The van der Waals surface area contributed by atoms with E-state index in [0.29, 0.717) is 56.3 Å². The number of hydrogen-bond acceptors (Lipinski definition) is 7. The van der Waals surface area contributed by atoms with E-state index in [4.69, 9.17) is 23.7 Å². The van der Waals surface area contributed by atoms with Gasteiger partial charge in [-0.3, -0.25) is 4.79 Å². The molecule has 1 heterocycles. The summed E-state index contributed by atoms with van der Waals surface area (Å²) in [7, 11) is 3.18. The number of carbonyl (C=O) groups excluding carboxylic acids is 2. The average molecular weight is 586 g/mol. The summed E-state index contributed by atoms with van der Waals surface area (Å²) in [5.74, 6) is 0.905. The Morgan fingerprint density at radius 3 is 2.33 bits per heavy atom. The molecule has 1 aromatic carbocycles. The van der Waals surface area contributed by atoms with Gasteiger partial charge < -0.3 is 28.6 Å². The summed E-state index contributed by atoms with van der Waals surface area (Å²) >= 11 is 0. The van der Waals surface area contributed by atoms with Gasteiger partial charge in [-0.1, -0.05) is 31.4 Å². The third-order valence-corrected chi connectivity index (χ3v) is 8.32. The molecule has 8 nitrogen and oxygen atoms in total. The Labute approximate surface area is 252 Å². The Morgan fingerprint density at radius 2 is 1.67 bits per heavy atom. The van der Waals surface area contributed by atoms with Gasteiger partial charge in [0.25, 0.3) is 0 Å². The third kappa shape index (κ3) is 9.00. The molecule has 42 heavy (non-hydrogen) atoms. The lowest BCUT2D eigenvalue weighted by Gasteiger charge is -2.39. The molecule has 0 unspecified atom stereocenters. The molecule has 0 spiro atoms. The monoisotopic (exact) mass is 585 g/mol. The highest BCUT2D eigenvalue weighted by atomic mass is 16.5. The van der Waals surface area contributed by atoms with E-state index in [1.54, 1.807) is 31.3 Å². The van der Waals surface area contributed by atoms with Gasteiger partial charge in [0.1, 0.15) is 12.1 Å². The zero-order chi connectivity index (χ0) is 30.5. The van der Waals surface area contributed by atoms with Crippen LogP contribution in [-0.2, 0) is 19.1 Å². The van der Waals surface area contributed by atoms with E-state index in [2.05, 4.69) is 13.2 Å².